The summed E-state index contributed by atoms with van der Waals surface area (Å²) < 4.78 is 5.64. The molecule has 0 saturated heterocycles. The first kappa shape index (κ1) is 20.4. The molecule has 0 unspecified atom stereocenters. The van der Waals surface area contributed by atoms with Crippen LogP contribution in [0.25, 0.3) is 0 Å². The second-order valence-electron chi connectivity index (χ2n) is 6.57. The van der Waals surface area contributed by atoms with Crippen LogP contribution < -0.4 is 20.7 Å². The van der Waals surface area contributed by atoms with Gasteiger partial charge in [-0.05, 0) is 57.2 Å². The number of carbonyl (C=O) groups is 1. The first-order valence-corrected chi connectivity index (χ1v) is 9.49. The lowest BCUT2D eigenvalue weighted by Gasteiger charge is -2.12. The van der Waals surface area contributed by atoms with E-state index in [-0.39, 0.29) is 12.1 Å². The summed E-state index contributed by atoms with van der Waals surface area (Å²) in [6, 6.07) is 15.7. The molecule has 150 valence electrons. The standard InChI is InChI=1S/C21H22ClN5O2/c1-13(2)29-20-12-19(23-14(3)24-20)25-15-8-10-16(11-9-15)26-21(28)27-18-7-5-4-6-17(18)22/h4-13H,1-3H3,(H,23,24,25)(H2,26,27,28). The Bertz CT molecular complexity index is 993. The Hall–Kier alpha value is -3.32. The van der Waals surface area contributed by atoms with Gasteiger partial charge in [-0.25, -0.2) is 9.78 Å². The fourth-order valence-electron chi connectivity index (χ4n) is 2.54. The molecule has 29 heavy (non-hydrogen) atoms. The Morgan fingerprint density at radius 2 is 1.69 bits per heavy atom. The predicted molar refractivity (Wildman–Crippen MR) is 116 cm³/mol. The van der Waals surface area contributed by atoms with E-state index in [0.717, 1.165) is 5.69 Å². The average Bonchev–Trinajstić information content (AvgIpc) is 2.64. The molecule has 3 rings (SSSR count). The lowest BCUT2D eigenvalue weighted by molar-refractivity contribution is 0.232. The van der Waals surface area contributed by atoms with Crippen molar-refractivity contribution >= 4 is 40.5 Å². The number of hydrogen-bond acceptors (Lipinski definition) is 5. The Morgan fingerprint density at radius 3 is 2.38 bits per heavy atom. The first-order valence-electron chi connectivity index (χ1n) is 9.11. The van der Waals surface area contributed by atoms with E-state index in [9.17, 15) is 4.79 Å². The number of ether oxygens (including phenoxy) is 1. The Kier molecular flexibility index (Phi) is 6.51. The van der Waals surface area contributed by atoms with Gasteiger partial charge in [0.25, 0.3) is 0 Å². The second kappa shape index (κ2) is 9.25. The minimum atomic E-state index is -0.374. The van der Waals surface area contributed by atoms with Crippen molar-refractivity contribution in [2.75, 3.05) is 16.0 Å². The van der Waals surface area contributed by atoms with Crippen LogP contribution in [0.15, 0.2) is 54.6 Å². The number of benzene rings is 2. The summed E-state index contributed by atoms with van der Waals surface area (Å²) in [6.07, 6.45) is 0.0272. The summed E-state index contributed by atoms with van der Waals surface area (Å²) in [4.78, 5) is 20.8. The molecule has 2 amide bonds. The quantitative estimate of drug-likeness (QED) is 0.490. The maximum atomic E-state index is 12.1. The molecular formula is C21H22ClN5O2. The Labute approximate surface area is 174 Å². The maximum Gasteiger partial charge on any atom is 0.323 e. The number of aryl methyl sites for hydroxylation is 1. The van der Waals surface area contributed by atoms with E-state index in [2.05, 4.69) is 25.9 Å². The van der Waals surface area contributed by atoms with Crippen molar-refractivity contribution in [3.8, 4) is 5.88 Å². The number of nitrogens with zero attached hydrogens (tertiary/aromatic N) is 2. The van der Waals surface area contributed by atoms with Crippen molar-refractivity contribution in [1.29, 1.82) is 0 Å². The van der Waals surface area contributed by atoms with E-state index >= 15 is 0 Å². The maximum absolute atomic E-state index is 12.1. The Morgan fingerprint density at radius 1 is 1.00 bits per heavy atom. The number of carbonyl (C=O) groups excluding carboxylic acids is 1. The van der Waals surface area contributed by atoms with Gasteiger partial charge in [-0.2, -0.15) is 4.98 Å². The number of rotatable bonds is 6. The minimum absolute atomic E-state index is 0.0272. The zero-order valence-electron chi connectivity index (χ0n) is 16.4. The van der Waals surface area contributed by atoms with Crippen molar-refractivity contribution in [3.63, 3.8) is 0 Å². The second-order valence-corrected chi connectivity index (χ2v) is 6.97. The molecule has 1 aromatic heterocycles. The van der Waals surface area contributed by atoms with Crippen LogP contribution in [0.1, 0.15) is 19.7 Å². The zero-order chi connectivity index (χ0) is 20.8. The number of para-hydroxylation sites is 1. The highest BCUT2D eigenvalue weighted by Gasteiger charge is 2.07. The molecule has 0 radical (unpaired) electrons. The van der Waals surface area contributed by atoms with Gasteiger partial charge >= 0.3 is 6.03 Å². The molecule has 0 spiro atoms. The number of aromatic nitrogens is 2. The fraction of sp³-hybridized carbons (Fsp3) is 0.190. The minimum Gasteiger partial charge on any atom is -0.475 e. The van der Waals surface area contributed by atoms with E-state index in [1.165, 1.54) is 0 Å². The number of nitrogens with one attached hydrogen (secondary N) is 3. The van der Waals surface area contributed by atoms with Crippen LogP contribution in [0.2, 0.25) is 5.02 Å². The molecule has 0 saturated carbocycles. The van der Waals surface area contributed by atoms with Gasteiger partial charge < -0.3 is 20.7 Å². The number of amides is 2. The molecule has 0 fully saturated rings. The van der Waals surface area contributed by atoms with E-state index in [1.54, 1.807) is 42.5 Å². The number of hydrogen-bond donors (Lipinski definition) is 3. The van der Waals surface area contributed by atoms with E-state index in [0.29, 0.717) is 33.9 Å². The predicted octanol–water partition coefficient (Wildman–Crippen LogP) is 5.61. The molecule has 7 nitrogen and oxygen atoms in total. The third-order valence-corrected chi connectivity index (χ3v) is 4.04. The van der Waals surface area contributed by atoms with Crippen molar-refractivity contribution in [1.82, 2.24) is 9.97 Å². The lowest BCUT2D eigenvalue weighted by atomic mass is 10.2. The lowest BCUT2D eigenvalue weighted by Crippen LogP contribution is -2.19. The highest BCUT2D eigenvalue weighted by atomic mass is 35.5. The summed E-state index contributed by atoms with van der Waals surface area (Å²) in [6.45, 7) is 5.69. The van der Waals surface area contributed by atoms with Gasteiger partial charge in [0.15, 0.2) is 0 Å². The van der Waals surface area contributed by atoms with Crippen LogP contribution in [0.4, 0.5) is 27.7 Å². The van der Waals surface area contributed by atoms with Crippen LogP contribution in [-0.2, 0) is 0 Å². The molecule has 0 aliphatic rings. The van der Waals surface area contributed by atoms with Crippen LogP contribution in [0, 0.1) is 6.92 Å². The van der Waals surface area contributed by atoms with Gasteiger partial charge in [0, 0.05) is 17.4 Å². The third kappa shape index (κ3) is 6.08. The van der Waals surface area contributed by atoms with Crippen LogP contribution in [-0.4, -0.2) is 22.1 Å². The van der Waals surface area contributed by atoms with Gasteiger partial charge in [0.05, 0.1) is 16.8 Å². The highest BCUT2D eigenvalue weighted by Crippen LogP contribution is 2.22. The van der Waals surface area contributed by atoms with Crippen molar-refractivity contribution in [3.05, 3.63) is 65.4 Å². The van der Waals surface area contributed by atoms with Gasteiger partial charge in [-0.15, -0.1) is 0 Å². The van der Waals surface area contributed by atoms with E-state index < -0.39 is 0 Å². The van der Waals surface area contributed by atoms with E-state index in [4.69, 9.17) is 16.3 Å². The smallest absolute Gasteiger partial charge is 0.323 e. The molecule has 0 atom stereocenters. The molecule has 8 heteroatoms. The van der Waals surface area contributed by atoms with E-state index in [1.807, 2.05) is 32.9 Å². The van der Waals surface area contributed by atoms with Crippen molar-refractivity contribution in [2.45, 2.75) is 26.9 Å². The molecule has 2 aromatic carbocycles. The van der Waals surface area contributed by atoms with Crippen LogP contribution >= 0.6 is 11.6 Å². The number of halogens is 1. The SMILES string of the molecule is Cc1nc(Nc2ccc(NC(=O)Nc3ccccc3Cl)cc2)cc(OC(C)C)n1. The largest absolute Gasteiger partial charge is 0.475 e. The monoisotopic (exact) mass is 411 g/mol. The topological polar surface area (TPSA) is 88.2 Å². The fourth-order valence-corrected chi connectivity index (χ4v) is 2.72. The summed E-state index contributed by atoms with van der Waals surface area (Å²) in [5, 5.41) is 9.16. The number of anilines is 4. The summed E-state index contributed by atoms with van der Waals surface area (Å²) >= 11 is 6.05. The molecule has 0 bridgehead atoms. The molecule has 0 aliphatic heterocycles. The molecule has 1 heterocycles. The molecule has 3 N–H and O–H groups in total. The Balaban J connectivity index is 1.62. The summed E-state index contributed by atoms with van der Waals surface area (Å²) in [5.41, 5.74) is 2.00. The van der Waals surface area contributed by atoms with Crippen LogP contribution in [0.3, 0.4) is 0 Å². The molecular weight excluding hydrogens is 390 g/mol. The van der Waals surface area contributed by atoms with Crippen LogP contribution in [0.5, 0.6) is 5.88 Å². The molecule has 0 aliphatic carbocycles. The molecule has 3 aromatic rings. The van der Waals surface area contributed by atoms with Gasteiger partial charge in [-0.3, -0.25) is 0 Å². The highest BCUT2D eigenvalue weighted by molar-refractivity contribution is 6.33. The van der Waals surface area contributed by atoms with Gasteiger partial charge in [0.1, 0.15) is 11.6 Å². The first-order chi connectivity index (χ1) is 13.9. The average molecular weight is 412 g/mol. The van der Waals surface area contributed by atoms with Gasteiger partial charge in [0.2, 0.25) is 5.88 Å². The van der Waals surface area contributed by atoms with Crippen molar-refractivity contribution in [2.24, 2.45) is 0 Å². The number of urea groups is 1. The van der Waals surface area contributed by atoms with Crippen molar-refractivity contribution < 1.29 is 9.53 Å². The summed E-state index contributed by atoms with van der Waals surface area (Å²) in [7, 11) is 0. The zero-order valence-corrected chi connectivity index (χ0v) is 17.1. The summed E-state index contributed by atoms with van der Waals surface area (Å²) in [5.74, 6) is 1.76. The van der Waals surface area contributed by atoms with Gasteiger partial charge in [-0.1, -0.05) is 23.7 Å². The normalized spacial score (nSPS) is 10.5. The third-order valence-electron chi connectivity index (χ3n) is 3.71.